The van der Waals surface area contributed by atoms with Gasteiger partial charge in [0.25, 0.3) is 0 Å². The lowest BCUT2D eigenvalue weighted by molar-refractivity contribution is 0.411. The van der Waals surface area contributed by atoms with Crippen molar-refractivity contribution in [3.63, 3.8) is 0 Å². The van der Waals surface area contributed by atoms with Gasteiger partial charge in [0.15, 0.2) is 0 Å². The summed E-state index contributed by atoms with van der Waals surface area (Å²) in [5, 5.41) is 3.37. The van der Waals surface area contributed by atoms with Crippen molar-refractivity contribution < 1.29 is 9.13 Å². The number of methoxy groups -OCH3 is 1. The molecule has 128 valence electrons. The number of nitrogens with zero attached hydrogens (tertiary/aromatic N) is 1. The van der Waals surface area contributed by atoms with Crippen LogP contribution in [0.1, 0.15) is 29.5 Å². The van der Waals surface area contributed by atoms with Crippen LogP contribution in [-0.4, -0.2) is 20.2 Å². The van der Waals surface area contributed by atoms with Crippen molar-refractivity contribution in [2.24, 2.45) is 0 Å². The molecule has 1 saturated heterocycles. The predicted octanol–water partition coefficient (Wildman–Crippen LogP) is 4.03. The van der Waals surface area contributed by atoms with E-state index in [4.69, 9.17) is 4.74 Å². The highest BCUT2D eigenvalue weighted by Crippen LogP contribution is 2.27. The van der Waals surface area contributed by atoms with E-state index in [0.29, 0.717) is 13.1 Å². The third-order valence-electron chi connectivity index (χ3n) is 4.64. The summed E-state index contributed by atoms with van der Waals surface area (Å²) in [7, 11) is 1.68. The minimum absolute atomic E-state index is 0.131. The first-order valence-electron chi connectivity index (χ1n) is 8.55. The molecule has 0 atom stereocenters. The van der Waals surface area contributed by atoms with E-state index in [1.807, 2.05) is 19.1 Å². The van der Waals surface area contributed by atoms with Crippen LogP contribution in [0.3, 0.4) is 0 Å². The van der Waals surface area contributed by atoms with Crippen LogP contribution in [0.25, 0.3) is 0 Å². The summed E-state index contributed by atoms with van der Waals surface area (Å²) in [6.07, 6.45) is 2.37. The Morgan fingerprint density at radius 2 is 1.92 bits per heavy atom. The zero-order valence-corrected chi connectivity index (χ0v) is 14.4. The quantitative estimate of drug-likeness (QED) is 0.866. The van der Waals surface area contributed by atoms with Gasteiger partial charge in [0.2, 0.25) is 0 Å². The van der Waals surface area contributed by atoms with Gasteiger partial charge in [0, 0.05) is 37.4 Å². The predicted molar refractivity (Wildman–Crippen MR) is 96.1 cm³/mol. The second kappa shape index (κ2) is 7.67. The number of aryl methyl sites for hydroxylation is 1. The highest BCUT2D eigenvalue weighted by molar-refractivity contribution is 5.54. The number of anilines is 1. The van der Waals surface area contributed by atoms with Crippen LogP contribution in [-0.2, 0) is 13.1 Å². The summed E-state index contributed by atoms with van der Waals surface area (Å²) in [6, 6.07) is 11.5. The molecule has 0 spiro atoms. The van der Waals surface area contributed by atoms with Crippen LogP contribution in [0.15, 0.2) is 36.4 Å². The second-order valence-electron chi connectivity index (χ2n) is 6.34. The molecule has 0 unspecified atom stereocenters. The smallest absolute Gasteiger partial charge is 0.129 e. The zero-order valence-electron chi connectivity index (χ0n) is 14.4. The molecule has 1 N–H and O–H groups in total. The second-order valence-corrected chi connectivity index (χ2v) is 6.34. The van der Waals surface area contributed by atoms with Gasteiger partial charge in [0.1, 0.15) is 11.6 Å². The third kappa shape index (κ3) is 3.70. The molecule has 0 aromatic heterocycles. The van der Waals surface area contributed by atoms with E-state index in [9.17, 15) is 4.39 Å². The number of hydrogen-bond donors (Lipinski definition) is 1. The van der Waals surface area contributed by atoms with E-state index >= 15 is 0 Å². The van der Waals surface area contributed by atoms with Gasteiger partial charge >= 0.3 is 0 Å². The van der Waals surface area contributed by atoms with E-state index in [1.165, 1.54) is 12.8 Å². The highest BCUT2D eigenvalue weighted by Gasteiger charge is 2.17. The monoisotopic (exact) mass is 328 g/mol. The Kier molecular flexibility index (Phi) is 5.36. The van der Waals surface area contributed by atoms with Gasteiger partial charge in [-0.3, -0.25) is 0 Å². The van der Waals surface area contributed by atoms with Crippen molar-refractivity contribution in [2.45, 2.75) is 32.9 Å². The Labute approximate surface area is 143 Å². The Morgan fingerprint density at radius 3 is 2.67 bits per heavy atom. The SMILES string of the molecule is COc1cc(CNCc2c(F)cccc2N2CCCC2)ccc1C. The molecule has 1 aliphatic rings. The highest BCUT2D eigenvalue weighted by atomic mass is 19.1. The molecule has 0 radical (unpaired) electrons. The number of hydrogen-bond acceptors (Lipinski definition) is 3. The summed E-state index contributed by atoms with van der Waals surface area (Å²) < 4.78 is 19.7. The maximum Gasteiger partial charge on any atom is 0.129 e. The van der Waals surface area contributed by atoms with E-state index in [-0.39, 0.29) is 5.82 Å². The van der Waals surface area contributed by atoms with Gasteiger partial charge in [-0.25, -0.2) is 4.39 Å². The molecule has 1 fully saturated rings. The van der Waals surface area contributed by atoms with Gasteiger partial charge in [-0.05, 0) is 49.1 Å². The maximum atomic E-state index is 14.3. The van der Waals surface area contributed by atoms with E-state index in [2.05, 4.69) is 22.3 Å². The largest absolute Gasteiger partial charge is 0.496 e. The maximum absolute atomic E-state index is 14.3. The minimum atomic E-state index is -0.131. The van der Waals surface area contributed by atoms with Crippen LogP contribution in [0, 0.1) is 12.7 Å². The lowest BCUT2D eigenvalue weighted by Gasteiger charge is -2.22. The number of benzene rings is 2. The molecular formula is C20H25FN2O. The molecule has 1 aliphatic heterocycles. The molecule has 2 aromatic rings. The minimum Gasteiger partial charge on any atom is -0.496 e. The van der Waals surface area contributed by atoms with E-state index < -0.39 is 0 Å². The average Bonchev–Trinajstić information content (AvgIpc) is 3.12. The van der Waals surface area contributed by atoms with E-state index in [1.54, 1.807) is 19.2 Å². The zero-order chi connectivity index (χ0) is 16.9. The van der Waals surface area contributed by atoms with Crippen LogP contribution in [0.5, 0.6) is 5.75 Å². The normalized spacial score (nSPS) is 14.2. The molecule has 24 heavy (non-hydrogen) atoms. The Balaban J connectivity index is 1.68. The average molecular weight is 328 g/mol. The standard InChI is InChI=1S/C20H25FN2O/c1-15-8-9-16(12-20(15)24-2)13-22-14-17-18(21)6-5-7-19(17)23-10-3-4-11-23/h5-9,12,22H,3-4,10-11,13-14H2,1-2H3. The lowest BCUT2D eigenvalue weighted by Crippen LogP contribution is -2.22. The molecule has 1 heterocycles. The summed E-state index contributed by atoms with van der Waals surface area (Å²) in [6.45, 7) is 5.27. The Morgan fingerprint density at radius 1 is 1.12 bits per heavy atom. The lowest BCUT2D eigenvalue weighted by atomic mass is 10.1. The molecule has 0 aliphatic carbocycles. The summed E-state index contributed by atoms with van der Waals surface area (Å²) in [5.41, 5.74) is 4.04. The number of ether oxygens (including phenoxy) is 1. The summed E-state index contributed by atoms with van der Waals surface area (Å²) in [5.74, 6) is 0.756. The van der Waals surface area contributed by atoms with Gasteiger partial charge in [-0.1, -0.05) is 18.2 Å². The third-order valence-corrected chi connectivity index (χ3v) is 4.64. The molecule has 0 amide bonds. The number of halogens is 1. The first-order chi connectivity index (χ1) is 11.7. The molecule has 2 aromatic carbocycles. The van der Waals surface area contributed by atoms with Crippen molar-refractivity contribution in [1.29, 1.82) is 0 Å². The summed E-state index contributed by atoms with van der Waals surface area (Å²) in [4.78, 5) is 2.29. The van der Waals surface area contributed by atoms with Gasteiger partial charge in [0.05, 0.1) is 7.11 Å². The molecule has 0 bridgehead atoms. The van der Waals surface area contributed by atoms with E-state index in [0.717, 1.165) is 41.2 Å². The van der Waals surface area contributed by atoms with Gasteiger partial charge < -0.3 is 15.0 Å². The molecule has 3 rings (SSSR count). The molecule has 0 saturated carbocycles. The van der Waals surface area contributed by atoms with Crippen molar-refractivity contribution in [1.82, 2.24) is 5.32 Å². The fraction of sp³-hybridized carbons (Fsp3) is 0.400. The fourth-order valence-corrected chi connectivity index (χ4v) is 3.28. The molecule has 3 nitrogen and oxygen atoms in total. The van der Waals surface area contributed by atoms with Crippen LogP contribution >= 0.6 is 0 Å². The van der Waals surface area contributed by atoms with Crippen LogP contribution in [0.2, 0.25) is 0 Å². The first kappa shape index (κ1) is 16.8. The summed E-state index contributed by atoms with van der Waals surface area (Å²) >= 11 is 0. The Bertz CT molecular complexity index is 696. The van der Waals surface area contributed by atoms with Crippen molar-refractivity contribution in [2.75, 3.05) is 25.1 Å². The number of rotatable bonds is 6. The van der Waals surface area contributed by atoms with Gasteiger partial charge in [-0.2, -0.15) is 0 Å². The van der Waals surface area contributed by atoms with Crippen molar-refractivity contribution in [3.05, 3.63) is 58.9 Å². The first-order valence-corrected chi connectivity index (χ1v) is 8.55. The van der Waals surface area contributed by atoms with Crippen molar-refractivity contribution >= 4 is 5.69 Å². The van der Waals surface area contributed by atoms with Crippen molar-refractivity contribution in [3.8, 4) is 5.75 Å². The molecular weight excluding hydrogens is 303 g/mol. The van der Waals surface area contributed by atoms with Crippen LogP contribution in [0.4, 0.5) is 10.1 Å². The van der Waals surface area contributed by atoms with Gasteiger partial charge in [-0.15, -0.1) is 0 Å². The molecule has 4 heteroatoms. The topological polar surface area (TPSA) is 24.5 Å². The van der Waals surface area contributed by atoms with Crippen LogP contribution < -0.4 is 15.0 Å². The number of nitrogens with one attached hydrogen (secondary N) is 1. The Hall–Kier alpha value is -2.07. The fourth-order valence-electron chi connectivity index (χ4n) is 3.28.